The molecule has 0 aliphatic rings. The number of nitriles is 2. The molecule has 2 N–H and O–H groups in total. The third kappa shape index (κ3) is 3.32. The molecule has 0 fully saturated rings. The van der Waals surface area contributed by atoms with Gasteiger partial charge in [0.15, 0.2) is 0 Å². The number of hydrogen-bond acceptors (Lipinski definition) is 5. The summed E-state index contributed by atoms with van der Waals surface area (Å²) in [5.74, 6) is 0.593. The number of nitro benzene ring substituents is 1. The number of hydrogen-bond donors (Lipinski definition) is 0. The van der Waals surface area contributed by atoms with E-state index in [4.69, 9.17) is 14.9 Å². The Labute approximate surface area is 119 Å². The second-order valence-electron chi connectivity index (χ2n) is 3.76. The second-order valence-corrected chi connectivity index (χ2v) is 3.76. The minimum Gasteiger partial charge on any atom is -0.456 e. The van der Waals surface area contributed by atoms with Gasteiger partial charge in [-0.1, -0.05) is 12.1 Å². The lowest BCUT2D eigenvalue weighted by Gasteiger charge is -1.98. The van der Waals surface area contributed by atoms with Crippen molar-refractivity contribution in [2.24, 2.45) is 0 Å². The van der Waals surface area contributed by atoms with Gasteiger partial charge in [0.2, 0.25) is 0 Å². The predicted octanol–water partition coefficient (Wildman–Crippen LogP) is 2.46. The molecule has 0 saturated carbocycles. The minimum absolute atomic E-state index is 0. The molecule has 0 saturated heterocycles. The first-order valence-corrected chi connectivity index (χ1v) is 5.51. The molecule has 0 atom stereocenters. The largest absolute Gasteiger partial charge is 0.456 e. The van der Waals surface area contributed by atoms with E-state index in [0.717, 1.165) is 0 Å². The summed E-state index contributed by atoms with van der Waals surface area (Å²) in [6, 6.07) is 12.7. The fourth-order valence-corrected chi connectivity index (χ4v) is 1.65. The summed E-state index contributed by atoms with van der Waals surface area (Å²) in [6.45, 7) is 0. The smallest absolute Gasteiger partial charge is 0.280 e. The molecule has 104 valence electrons. The van der Waals surface area contributed by atoms with Crippen LogP contribution in [0.5, 0.6) is 0 Å². The molecule has 2 rings (SSSR count). The SMILES string of the molecule is N#CC(C#N)=Cc1ccc(-c2ccccc2[N+](=O)[O-])o1.O. The van der Waals surface area contributed by atoms with Crippen molar-refractivity contribution in [1.29, 1.82) is 10.5 Å². The van der Waals surface area contributed by atoms with Crippen molar-refractivity contribution in [3.05, 3.63) is 57.8 Å². The minimum atomic E-state index is -0.497. The Morgan fingerprint density at radius 1 is 1.19 bits per heavy atom. The van der Waals surface area contributed by atoms with Crippen molar-refractivity contribution in [1.82, 2.24) is 0 Å². The van der Waals surface area contributed by atoms with E-state index in [-0.39, 0.29) is 22.5 Å². The van der Waals surface area contributed by atoms with Crippen LogP contribution in [0.1, 0.15) is 5.76 Å². The van der Waals surface area contributed by atoms with E-state index >= 15 is 0 Å². The van der Waals surface area contributed by atoms with Crippen LogP contribution in [0.4, 0.5) is 5.69 Å². The first-order valence-electron chi connectivity index (χ1n) is 5.51. The molecule has 0 amide bonds. The maximum absolute atomic E-state index is 10.9. The van der Waals surface area contributed by atoms with E-state index in [9.17, 15) is 10.1 Å². The monoisotopic (exact) mass is 283 g/mol. The molecule has 7 nitrogen and oxygen atoms in total. The summed E-state index contributed by atoms with van der Waals surface area (Å²) >= 11 is 0. The van der Waals surface area contributed by atoms with Gasteiger partial charge in [-0.2, -0.15) is 10.5 Å². The van der Waals surface area contributed by atoms with Crippen LogP contribution in [-0.2, 0) is 0 Å². The lowest BCUT2D eigenvalue weighted by molar-refractivity contribution is -0.384. The van der Waals surface area contributed by atoms with Gasteiger partial charge in [-0.25, -0.2) is 0 Å². The van der Waals surface area contributed by atoms with Gasteiger partial charge in [-0.15, -0.1) is 0 Å². The number of nitro groups is 1. The van der Waals surface area contributed by atoms with Crippen LogP contribution in [0.15, 0.2) is 46.4 Å². The van der Waals surface area contributed by atoms with Crippen molar-refractivity contribution in [2.45, 2.75) is 0 Å². The average molecular weight is 283 g/mol. The van der Waals surface area contributed by atoms with Gasteiger partial charge < -0.3 is 9.89 Å². The van der Waals surface area contributed by atoms with Gasteiger partial charge in [0.05, 0.1) is 10.5 Å². The zero-order valence-electron chi connectivity index (χ0n) is 10.6. The van der Waals surface area contributed by atoms with Crippen LogP contribution < -0.4 is 0 Å². The molecule has 0 aliphatic heterocycles. The van der Waals surface area contributed by atoms with Gasteiger partial charge >= 0.3 is 0 Å². The molecule has 0 spiro atoms. The van der Waals surface area contributed by atoms with E-state index in [1.165, 1.54) is 12.1 Å². The van der Waals surface area contributed by atoms with Crippen LogP contribution in [-0.4, -0.2) is 10.4 Å². The highest BCUT2D eigenvalue weighted by Gasteiger charge is 2.16. The molecule has 2 aromatic rings. The maximum Gasteiger partial charge on any atom is 0.280 e. The Hall–Kier alpha value is -3.42. The first-order chi connectivity index (χ1) is 9.65. The highest BCUT2D eigenvalue weighted by atomic mass is 16.6. The summed E-state index contributed by atoms with van der Waals surface area (Å²) in [7, 11) is 0. The van der Waals surface area contributed by atoms with E-state index in [1.54, 1.807) is 42.5 Å². The van der Waals surface area contributed by atoms with E-state index < -0.39 is 4.92 Å². The third-order valence-electron chi connectivity index (χ3n) is 2.52. The Balaban J connectivity index is 0.00000220. The predicted molar refractivity (Wildman–Crippen MR) is 73.6 cm³/mol. The summed E-state index contributed by atoms with van der Waals surface area (Å²) in [4.78, 5) is 10.4. The molecule has 1 heterocycles. The Morgan fingerprint density at radius 2 is 1.86 bits per heavy atom. The maximum atomic E-state index is 10.9. The molecule has 7 heteroatoms. The van der Waals surface area contributed by atoms with Gasteiger partial charge in [-0.05, 0) is 18.2 Å². The van der Waals surface area contributed by atoms with Crippen molar-refractivity contribution in [3.8, 4) is 23.5 Å². The van der Waals surface area contributed by atoms with Crippen molar-refractivity contribution in [2.75, 3.05) is 0 Å². The quantitative estimate of drug-likeness (QED) is 0.484. The molecule has 21 heavy (non-hydrogen) atoms. The zero-order chi connectivity index (χ0) is 14.5. The molecular weight excluding hydrogens is 274 g/mol. The van der Waals surface area contributed by atoms with E-state index in [2.05, 4.69) is 0 Å². The number of nitrogens with zero attached hydrogens (tertiary/aromatic N) is 3. The topological polar surface area (TPSA) is 135 Å². The van der Waals surface area contributed by atoms with Crippen molar-refractivity contribution in [3.63, 3.8) is 0 Å². The fraction of sp³-hybridized carbons (Fsp3) is 0. The second kappa shape index (κ2) is 6.66. The third-order valence-corrected chi connectivity index (χ3v) is 2.52. The van der Waals surface area contributed by atoms with Crippen LogP contribution >= 0.6 is 0 Å². The lowest BCUT2D eigenvalue weighted by atomic mass is 10.1. The lowest BCUT2D eigenvalue weighted by Crippen LogP contribution is -1.90. The van der Waals surface area contributed by atoms with Crippen LogP contribution in [0.2, 0.25) is 0 Å². The Morgan fingerprint density at radius 3 is 2.48 bits per heavy atom. The van der Waals surface area contributed by atoms with Crippen LogP contribution in [0.3, 0.4) is 0 Å². The number of rotatable bonds is 3. The summed E-state index contributed by atoms with van der Waals surface area (Å²) < 4.78 is 5.41. The van der Waals surface area contributed by atoms with E-state index in [0.29, 0.717) is 11.3 Å². The normalized spacial score (nSPS) is 8.86. The highest BCUT2D eigenvalue weighted by Crippen LogP contribution is 2.31. The molecule has 1 aromatic carbocycles. The number of benzene rings is 1. The first kappa shape index (κ1) is 15.6. The average Bonchev–Trinajstić information content (AvgIpc) is 2.93. The number of furan rings is 1. The molecule has 0 bridgehead atoms. The van der Waals surface area contributed by atoms with Crippen molar-refractivity contribution < 1.29 is 14.8 Å². The standard InChI is InChI=1S/C14H7N3O3.H2O/c15-8-10(9-16)7-11-5-6-14(20-11)12-3-1-2-4-13(12)17(18)19;/h1-7H;1H2. The number of allylic oxidation sites excluding steroid dienone is 1. The molecule has 1 aromatic heterocycles. The molecule has 0 aliphatic carbocycles. The van der Waals surface area contributed by atoms with Crippen LogP contribution in [0, 0.1) is 32.8 Å². The number of para-hydroxylation sites is 1. The molecule has 0 radical (unpaired) electrons. The van der Waals surface area contributed by atoms with E-state index in [1.807, 2.05) is 0 Å². The molecular formula is C14H9N3O4. The zero-order valence-corrected chi connectivity index (χ0v) is 10.6. The Kier molecular flexibility index (Phi) is 4.96. The van der Waals surface area contributed by atoms with Crippen LogP contribution in [0.25, 0.3) is 17.4 Å². The van der Waals surface area contributed by atoms with Gasteiger partial charge in [0, 0.05) is 12.1 Å². The summed E-state index contributed by atoms with van der Waals surface area (Å²) in [5.41, 5.74) is 0.166. The summed E-state index contributed by atoms with van der Waals surface area (Å²) in [6.07, 6.45) is 1.28. The van der Waals surface area contributed by atoms with Gasteiger partial charge in [0.25, 0.3) is 5.69 Å². The Bertz CT molecular complexity index is 762. The highest BCUT2D eigenvalue weighted by molar-refractivity contribution is 5.70. The molecule has 0 unspecified atom stereocenters. The summed E-state index contributed by atoms with van der Waals surface area (Å²) in [5, 5.41) is 28.3. The van der Waals surface area contributed by atoms with Crippen molar-refractivity contribution >= 4 is 11.8 Å². The van der Waals surface area contributed by atoms with Gasteiger partial charge in [0.1, 0.15) is 29.2 Å². The fourth-order valence-electron chi connectivity index (χ4n) is 1.65. The van der Waals surface area contributed by atoms with Gasteiger partial charge in [-0.3, -0.25) is 10.1 Å².